The van der Waals surface area contributed by atoms with E-state index >= 15 is 0 Å². The summed E-state index contributed by atoms with van der Waals surface area (Å²) in [4.78, 5) is 22.8. The van der Waals surface area contributed by atoms with Crippen LogP contribution < -0.4 is 5.32 Å². The third-order valence-corrected chi connectivity index (χ3v) is 3.09. The fraction of sp³-hybridized carbons (Fsp3) is 0. The van der Waals surface area contributed by atoms with Crippen LogP contribution in [-0.2, 0) is 0 Å². The fourth-order valence-corrected chi connectivity index (χ4v) is 2.14. The predicted molar refractivity (Wildman–Crippen MR) is 72.8 cm³/mol. The van der Waals surface area contributed by atoms with Crippen LogP contribution in [0.2, 0.25) is 5.02 Å². The Morgan fingerprint density at radius 1 is 1.32 bits per heavy atom. The van der Waals surface area contributed by atoms with Gasteiger partial charge in [-0.25, -0.2) is 4.79 Å². The molecule has 1 aromatic carbocycles. The Kier molecular flexibility index (Phi) is 3.92. The van der Waals surface area contributed by atoms with Crippen molar-refractivity contribution in [3.8, 4) is 0 Å². The second kappa shape index (κ2) is 5.46. The van der Waals surface area contributed by atoms with E-state index in [1.54, 1.807) is 18.2 Å². The lowest BCUT2D eigenvalue weighted by Gasteiger charge is -2.06. The highest BCUT2D eigenvalue weighted by atomic mass is 79.9. The molecule has 2 N–H and O–H groups in total. The maximum Gasteiger partial charge on any atom is 0.339 e. The first kappa shape index (κ1) is 13.6. The third-order valence-electron chi connectivity index (χ3n) is 2.28. The minimum absolute atomic E-state index is 0.203. The highest BCUT2D eigenvalue weighted by Crippen LogP contribution is 2.26. The van der Waals surface area contributed by atoms with Crippen molar-refractivity contribution < 1.29 is 19.1 Å². The molecule has 1 heterocycles. The number of hydrogen-bond donors (Lipinski definition) is 2. The lowest BCUT2D eigenvalue weighted by Crippen LogP contribution is -2.14. The van der Waals surface area contributed by atoms with Gasteiger partial charge >= 0.3 is 5.97 Å². The average Bonchev–Trinajstić information content (AvgIpc) is 2.82. The Balaban J connectivity index is 2.26. The molecule has 19 heavy (non-hydrogen) atoms. The van der Waals surface area contributed by atoms with Crippen LogP contribution in [0.5, 0.6) is 0 Å². The van der Waals surface area contributed by atoms with E-state index in [2.05, 4.69) is 21.2 Å². The molecule has 0 saturated heterocycles. The zero-order valence-corrected chi connectivity index (χ0v) is 11.7. The number of rotatable bonds is 3. The third kappa shape index (κ3) is 2.97. The van der Waals surface area contributed by atoms with E-state index in [9.17, 15) is 9.59 Å². The van der Waals surface area contributed by atoms with E-state index < -0.39 is 11.9 Å². The van der Waals surface area contributed by atoms with Gasteiger partial charge in [-0.1, -0.05) is 27.5 Å². The Hall–Kier alpha value is -1.79. The summed E-state index contributed by atoms with van der Waals surface area (Å²) in [6.07, 6.45) is 1.14. The van der Waals surface area contributed by atoms with Crippen molar-refractivity contribution >= 4 is 45.1 Å². The number of carbonyl (C=O) groups excluding carboxylic acids is 1. The van der Waals surface area contributed by atoms with Gasteiger partial charge in [0.25, 0.3) is 5.91 Å². The van der Waals surface area contributed by atoms with E-state index in [0.717, 1.165) is 10.7 Å². The molecular weight excluding hydrogens is 337 g/mol. The van der Waals surface area contributed by atoms with Gasteiger partial charge in [0.05, 0.1) is 17.0 Å². The largest absolute Gasteiger partial charge is 0.478 e. The highest BCUT2D eigenvalue weighted by molar-refractivity contribution is 9.10. The number of benzene rings is 1. The summed E-state index contributed by atoms with van der Waals surface area (Å²) in [5.74, 6) is -2.18. The van der Waals surface area contributed by atoms with Crippen LogP contribution >= 0.6 is 27.5 Å². The number of aromatic carboxylic acids is 1. The lowest BCUT2D eigenvalue weighted by molar-refractivity contribution is 0.0690. The van der Waals surface area contributed by atoms with Crippen LogP contribution in [0.4, 0.5) is 5.69 Å². The van der Waals surface area contributed by atoms with Crippen LogP contribution in [0.15, 0.2) is 39.4 Å². The summed E-state index contributed by atoms with van der Waals surface area (Å²) >= 11 is 9.18. The van der Waals surface area contributed by atoms with Crippen molar-refractivity contribution in [1.82, 2.24) is 0 Å². The van der Waals surface area contributed by atoms with E-state index in [-0.39, 0.29) is 11.3 Å². The number of amides is 1. The predicted octanol–water partition coefficient (Wildman–Crippen LogP) is 3.65. The molecule has 0 spiro atoms. The van der Waals surface area contributed by atoms with Crippen LogP contribution in [-0.4, -0.2) is 17.0 Å². The summed E-state index contributed by atoms with van der Waals surface area (Å²) < 4.78 is 5.64. The Morgan fingerprint density at radius 3 is 2.68 bits per heavy atom. The first-order chi connectivity index (χ1) is 8.99. The average molecular weight is 345 g/mol. The molecule has 2 rings (SSSR count). The number of anilines is 1. The van der Waals surface area contributed by atoms with Crippen molar-refractivity contribution in [2.24, 2.45) is 0 Å². The van der Waals surface area contributed by atoms with Crippen molar-refractivity contribution in [3.05, 3.63) is 51.3 Å². The van der Waals surface area contributed by atoms with Crippen LogP contribution in [0.1, 0.15) is 20.9 Å². The Morgan fingerprint density at radius 2 is 2.05 bits per heavy atom. The summed E-state index contributed by atoms with van der Waals surface area (Å²) in [5, 5.41) is 11.7. The van der Waals surface area contributed by atoms with E-state index in [4.69, 9.17) is 21.1 Å². The number of nitrogens with one attached hydrogen (secondary N) is 1. The molecule has 0 unspecified atom stereocenters. The Bertz CT molecular complexity index is 653. The van der Waals surface area contributed by atoms with Gasteiger partial charge in [0, 0.05) is 4.47 Å². The van der Waals surface area contributed by atoms with Gasteiger partial charge in [0.2, 0.25) is 5.76 Å². The smallest absolute Gasteiger partial charge is 0.339 e. The number of halogens is 2. The summed E-state index contributed by atoms with van der Waals surface area (Å²) in [7, 11) is 0. The van der Waals surface area contributed by atoms with Crippen molar-refractivity contribution in [3.63, 3.8) is 0 Å². The van der Waals surface area contributed by atoms with Gasteiger partial charge in [0.15, 0.2) is 0 Å². The molecule has 0 atom stereocenters. The maximum absolute atomic E-state index is 11.9. The van der Waals surface area contributed by atoms with Crippen LogP contribution in [0.3, 0.4) is 0 Å². The normalized spacial score (nSPS) is 10.2. The number of hydrogen-bond acceptors (Lipinski definition) is 3. The zero-order valence-electron chi connectivity index (χ0n) is 9.31. The molecule has 0 aliphatic heterocycles. The van der Waals surface area contributed by atoms with Gasteiger partial charge in [-0.15, -0.1) is 0 Å². The number of carbonyl (C=O) groups is 2. The van der Waals surface area contributed by atoms with Crippen LogP contribution in [0, 0.1) is 0 Å². The number of furan rings is 1. The van der Waals surface area contributed by atoms with E-state index in [1.807, 2.05) is 0 Å². The van der Waals surface area contributed by atoms with Gasteiger partial charge < -0.3 is 14.8 Å². The molecule has 0 fully saturated rings. The van der Waals surface area contributed by atoms with Crippen LogP contribution in [0.25, 0.3) is 0 Å². The first-order valence-electron chi connectivity index (χ1n) is 5.06. The first-order valence-corrected chi connectivity index (χ1v) is 6.23. The summed E-state index contributed by atoms with van der Waals surface area (Å²) in [6, 6.07) is 6.10. The van der Waals surface area contributed by atoms with Gasteiger partial charge in [-0.3, -0.25) is 4.79 Å². The topological polar surface area (TPSA) is 79.5 Å². The molecule has 0 aliphatic carbocycles. The zero-order chi connectivity index (χ0) is 14.0. The Labute approximate surface area is 121 Å². The molecular formula is C12H7BrClNO4. The molecule has 0 aliphatic rings. The molecule has 98 valence electrons. The molecule has 0 saturated carbocycles. The summed E-state index contributed by atoms with van der Waals surface area (Å²) in [5.41, 5.74) is 0.160. The van der Waals surface area contributed by atoms with Gasteiger partial charge in [-0.2, -0.15) is 0 Å². The molecule has 0 bridgehead atoms. The monoisotopic (exact) mass is 343 g/mol. The minimum Gasteiger partial charge on any atom is -0.478 e. The van der Waals surface area contributed by atoms with Gasteiger partial charge in [0.1, 0.15) is 5.56 Å². The highest BCUT2D eigenvalue weighted by Gasteiger charge is 2.20. The fourth-order valence-electron chi connectivity index (χ4n) is 1.42. The minimum atomic E-state index is -1.24. The second-order valence-electron chi connectivity index (χ2n) is 3.55. The second-order valence-corrected chi connectivity index (χ2v) is 4.87. The van der Waals surface area contributed by atoms with Crippen molar-refractivity contribution in [2.45, 2.75) is 0 Å². The molecule has 1 aromatic heterocycles. The summed E-state index contributed by atoms with van der Waals surface area (Å²) in [6.45, 7) is 0. The number of carboxylic acids is 1. The van der Waals surface area contributed by atoms with Crippen molar-refractivity contribution in [1.29, 1.82) is 0 Å². The molecule has 1 amide bonds. The quantitative estimate of drug-likeness (QED) is 0.891. The molecule has 7 heteroatoms. The van der Waals surface area contributed by atoms with Crippen molar-refractivity contribution in [2.75, 3.05) is 5.32 Å². The number of carboxylic acid groups (broad SMARTS) is 1. The van der Waals surface area contributed by atoms with E-state index in [0.29, 0.717) is 10.7 Å². The van der Waals surface area contributed by atoms with Gasteiger partial charge in [-0.05, 0) is 24.3 Å². The van der Waals surface area contributed by atoms with E-state index in [1.165, 1.54) is 6.07 Å². The standard InChI is InChI=1S/C12H7BrClNO4/c13-6-1-2-9(8(14)5-6)15-11(16)10-7(12(17)18)3-4-19-10/h1-5H,(H,15,16)(H,17,18). The molecule has 0 radical (unpaired) electrons. The maximum atomic E-state index is 11.9. The molecule has 2 aromatic rings. The SMILES string of the molecule is O=C(O)c1ccoc1C(=O)Nc1ccc(Br)cc1Cl. The lowest BCUT2D eigenvalue weighted by atomic mass is 10.2. The molecule has 5 nitrogen and oxygen atoms in total.